The molecule has 0 saturated heterocycles. The lowest BCUT2D eigenvalue weighted by Gasteiger charge is -2.24. The van der Waals surface area contributed by atoms with Crippen molar-refractivity contribution < 1.29 is 4.79 Å². The van der Waals surface area contributed by atoms with Gasteiger partial charge in [0.2, 0.25) is 5.91 Å². The Labute approximate surface area is 111 Å². The number of carbonyl (C=O) groups excluding carboxylic acids is 1. The van der Waals surface area contributed by atoms with Gasteiger partial charge in [-0.3, -0.25) is 9.89 Å². The number of carbonyl (C=O) groups is 1. The summed E-state index contributed by atoms with van der Waals surface area (Å²) in [5.41, 5.74) is 3.43. The Morgan fingerprint density at radius 1 is 1.37 bits per heavy atom. The molecule has 1 aliphatic heterocycles. The molecule has 0 radical (unpaired) electrons. The second kappa shape index (κ2) is 4.85. The molecule has 1 atom stereocenters. The van der Waals surface area contributed by atoms with Gasteiger partial charge in [0.1, 0.15) is 0 Å². The molecule has 2 heterocycles. The number of aryl methyl sites for hydroxylation is 1. The van der Waals surface area contributed by atoms with Crippen molar-refractivity contribution in [3.8, 4) is 0 Å². The lowest BCUT2D eigenvalue weighted by atomic mass is 9.95. The zero-order chi connectivity index (χ0) is 13.2. The second-order valence-electron chi connectivity index (χ2n) is 4.83. The molecular weight excluding hydrogens is 240 g/mol. The Hall–Kier alpha value is -2.14. The largest absolute Gasteiger partial charge is 0.308 e. The maximum absolute atomic E-state index is 12.2. The van der Waals surface area contributed by atoms with Gasteiger partial charge in [-0.15, -0.1) is 0 Å². The highest BCUT2D eigenvalue weighted by Gasteiger charge is 2.24. The summed E-state index contributed by atoms with van der Waals surface area (Å²) in [6.45, 7) is 2.63. The normalized spacial score (nSPS) is 17.8. The van der Waals surface area contributed by atoms with Gasteiger partial charge in [0.15, 0.2) is 5.82 Å². The molecule has 2 aromatic rings. The summed E-state index contributed by atoms with van der Waals surface area (Å²) in [4.78, 5) is 12.2. The van der Waals surface area contributed by atoms with E-state index in [9.17, 15) is 4.79 Å². The lowest BCUT2D eigenvalue weighted by molar-refractivity contribution is -0.118. The average molecular weight is 256 g/mol. The highest BCUT2D eigenvalue weighted by molar-refractivity contribution is 5.94. The molecule has 5 heteroatoms. The van der Waals surface area contributed by atoms with E-state index >= 15 is 0 Å². The molecule has 1 aliphatic rings. The average Bonchev–Trinajstić information content (AvgIpc) is 2.83. The van der Waals surface area contributed by atoms with Crippen molar-refractivity contribution in [3.63, 3.8) is 0 Å². The summed E-state index contributed by atoms with van der Waals surface area (Å²) in [5, 5.41) is 12.9. The van der Waals surface area contributed by atoms with Crippen LogP contribution in [0.1, 0.15) is 16.8 Å². The van der Waals surface area contributed by atoms with Crippen LogP contribution in [0.15, 0.2) is 30.3 Å². The van der Waals surface area contributed by atoms with E-state index in [1.54, 1.807) is 0 Å². The third kappa shape index (κ3) is 2.51. The van der Waals surface area contributed by atoms with Gasteiger partial charge in [0.25, 0.3) is 0 Å². The minimum atomic E-state index is -0.202. The molecule has 0 saturated carbocycles. The minimum absolute atomic E-state index is 0.0407. The fraction of sp³-hybridized carbons (Fsp3) is 0.286. The summed E-state index contributed by atoms with van der Waals surface area (Å²) >= 11 is 0. The predicted molar refractivity (Wildman–Crippen MR) is 72.7 cm³/mol. The highest BCUT2D eigenvalue weighted by Crippen LogP contribution is 2.17. The van der Waals surface area contributed by atoms with E-state index in [-0.39, 0.29) is 11.9 Å². The van der Waals surface area contributed by atoms with Crippen LogP contribution in [0.2, 0.25) is 0 Å². The van der Waals surface area contributed by atoms with Crippen LogP contribution in [0.25, 0.3) is 0 Å². The molecule has 0 spiro atoms. The van der Waals surface area contributed by atoms with Crippen molar-refractivity contribution in [3.05, 3.63) is 47.2 Å². The van der Waals surface area contributed by atoms with Crippen LogP contribution in [0.4, 0.5) is 5.82 Å². The number of nitrogens with one attached hydrogen (secondary N) is 3. The standard InChI is InChI=1S/C14H16N4O/c1-9-6-13(18-17-9)16-14(19)12-7-10-4-2-3-5-11(10)8-15-12/h2-6,12,15H,7-8H2,1H3,(H2,16,17,18,19)/t12-/m0/s1. The number of benzene rings is 1. The molecule has 1 aromatic heterocycles. The Bertz CT molecular complexity index is 605. The first-order valence-electron chi connectivity index (χ1n) is 6.35. The molecule has 3 rings (SSSR count). The number of nitrogens with zero attached hydrogens (tertiary/aromatic N) is 1. The third-order valence-electron chi connectivity index (χ3n) is 3.36. The lowest BCUT2D eigenvalue weighted by Crippen LogP contribution is -2.44. The molecule has 98 valence electrons. The number of H-pyrrole nitrogens is 1. The first-order chi connectivity index (χ1) is 9.22. The highest BCUT2D eigenvalue weighted by atomic mass is 16.2. The van der Waals surface area contributed by atoms with Crippen LogP contribution in [0.5, 0.6) is 0 Å². The second-order valence-corrected chi connectivity index (χ2v) is 4.83. The summed E-state index contributed by atoms with van der Waals surface area (Å²) < 4.78 is 0. The van der Waals surface area contributed by atoms with Crippen LogP contribution in [-0.2, 0) is 17.8 Å². The van der Waals surface area contributed by atoms with Crippen molar-refractivity contribution in [2.75, 3.05) is 5.32 Å². The number of amides is 1. The van der Waals surface area contributed by atoms with Gasteiger partial charge in [0, 0.05) is 18.3 Å². The SMILES string of the molecule is Cc1cc(NC(=O)[C@@H]2Cc3ccccc3CN2)n[nH]1. The smallest absolute Gasteiger partial charge is 0.243 e. The van der Waals surface area contributed by atoms with E-state index in [4.69, 9.17) is 0 Å². The van der Waals surface area contributed by atoms with E-state index in [1.807, 2.05) is 25.1 Å². The zero-order valence-corrected chi connectivity index (χ0v) is 10.7. The molecule has 19 heavy (non-hydrogen) atoms. The Morgan fingerprint density at radius 3 is 2.89 bits per heavy atom. The van der Waals surface area contributed by atoms with Crippen LogP contribution in [-0.4, -0.2) is 22.1 Å². The van der Waals surface area contributed by atoms with Crippen molar-refractivity contribution in [1.29, 1.82) is 0 Å². The number of anilines is 1. The van der Waals surface area contributed by atoms with Gasteiger partial charge in [0.05, 0.1) is 6.04 Å². The summed E-state index contributed by atoms with van der Waals surface area (Å²) in [6.07, 6.45) is 0.714. The third-order valence-corrected chi connectivity index (χ3v) is 3.36. The molecule has 5 nitrogen and oxygen atoms in total. The van der Waals surface area contributed by atoms with Crippen LogP contribution >= 0.6 is 0 Å². The number of rotatable bonds is 2. The molecule has 3 N–H and O–H groups in total. The summed E-state index contributed by atoms with van der Waals surface area (Å²) in [6, 6.07) is 9.81. The molecule has 0 fully saturated rings. The van der Waals surface area contributed by atoms with Crippen molar-refractivity contribution in [1.82, 2.24) is 15.5 Å². The number of aromatic nitrogens is 2. The number of hydrogen-bond acceptors (Lipinski definition) is 3. The maximum atomic E-state index is 12.2. The quantitative estimate of drug-likeness (QED) is 0.760. The molecule has 0 aliphatic carbocycles. The number of aromatic amines is 1. The van der Waals surface area contributed by atoms with E-state index in [1.165, 1.54) is 11.1 Å². The molecule has 1 aromatic carbocycles. The zero-order valence-electron chi connectivity index (χ0n) is 10.7. The minimum Gasteiger partial charge on any atom is -0.308 e. The first kappa shape index (κ1) is 11.9. The van der Waals surface area contributed by atoms with Gasteiger partial charge >= 0.3 is 0 Å². The fourth-order valence-electron chi connectivity index (χ4n) is 2.34. The van der Waals surface area contributed by atoms with Gasteiger partial charge in [-0.05, 0) is 24.5 Å². The van der Waals surface area contributed by atoms with Gasteiger partial charge in [-0.1, -0.05) is 24.3 Å². The van der Waals surface area contributed by atoms with E-state index in [2.05, 4.69) is 33.0 Å². The van der Waals surface area contributed by atoms with E-state index in [0.717, 1.165) is 12.2 Å². The van der Waals surface area contributed by atoms with Crippen LogP contribution < -0.4 is 10.6 Å². The fourth-order valence-corrected chi connectivity index (χ4v) is 2.34. The summed E-state index contributed by atoms with van der Waals surface area (Å²) in [5.74, 6) is 0.532. The van der Waals surface area contributed by atoms with Crippen molar-refractivity contribution in [2.24, 2.45) is 0 Å². The van der Waals surface area contributed by atoms with Crippen LogP contribution in [0, 0.1) is 6.92 Å². The van der Waals surface area contributed by atoms with Gasteiger partial charge in [-0.2, -0.15) is 5.10 Å². The predicted octanol–water partition coefficient (Wildman–Crippen LogP) is 1.37. The van der Waals surface area contributed by atoms with E-state index < -0.39 is 0 Å². The Morgan fingerprint density at radius 2 is 2.16 bits per heavy atom. The van der Waals surface area contributed by atoms with Gasteiger partial charge < -0.3 is 10.6 Å². The molecule has 1 amide bonds. The molecular formula is C14H16N4O. The maximum Gasteiger partial charge on any atom is 0.243 e. The summed E-state index contributed by atoms with van der Waals surface area (Å²) in [7, 11) is 0. The van der Waals surface area contributed by atoms with E-state index in [0.29, 0.717) is 12.2 Å². The van der Waals surface area contributed by atoms with Crippen LogP contribution in [0.3, 0.4) is 0 Å². The van der Waals surface area contributed by atoms with Crippen molar-refractivity contribution in [2.45, 2.75) is 25.9 Å². The first-order valence-corrected chi connectivity index (χ1v) is 6.35. The monoisotopic (exact) mass is 256 g/mol. The van der Waals surface area contributed by atoms with Crippen molar-refractivity contribution >= 4 is 11.7 Å². The Kier molecular flexibility index (Phi) is 3.05. The number of fused-ring (bicyclic) bond motifs is 1. The topological polar surface area (TPSA) is 69.8 Å². The molecule has 0 unspecified atom stereocenters. The number of hydrogen-bond donors (Lipinski definition) is 3. The Balaban J connectivity index is 1.69. The molecule has 0 bridgehead atoms. The van der Waals surface area contributed by atoms with Gasteiger partial charge in [-0.25, -0.2) is 0 Å².